The van der Waals surface area contributed by atoms with E-state index in [0.717, 1.165) is 17.3 Å². The maximum absolute atomic E-state index is 14.0. The number of nitrogens with zero attached hydrogens (tertiary/aromatic N) is 4. The van der Waals surface area contributed by atoms with Gasteiger partial charge in [0.15, 0.2) is 0 Å². The summed E-state index contributed by atoms with van der Waals surface area (Å²) in [6, 6.07) is 9.69. The molecule has 0 bridgehead atoms. The quantitative estimate of drug-likeness (QED) is 0.499. The number of piperidine rings is 1. The number of hydrogen-bond donors (Lipinski definition) is 2. The first-order valence-electron chi connectivity index (χ1n) is 13.0. The summed E-state index contributed by atoms with van der Waals surface area (Å²) in [5.74, 6) is 0.0686. The average Bonchev–Trinajstić information content (AvgIpc) is 3.41. The fourth-order valence-electron chi connectivity index (χ4n) is 6.30. The van der Waals surface area contributed by atoms with Crippen LogP contribution in [-0.4, -0.2) is 57.5 Å². The molecule has 1 aromatic heterocycles. The van der Waals surface area contributed by atoms with Gasteiger partial charge in [-0.25, -0.2) is 0 Å². The van der Waals surface area contributed by atoms with E-state index in [2.05, 4.69) is 21.4 Å². The molecule has 2 N–H and O–H groups in total. The molecule has 0 radical (unpaired) electrons. The van der Waals surface area contributed by atoms with Crippen LogP contribution in [0.2, 0.25) is 0 Å². The number of ether oxygens (including phenoxy) is 1. The number of nitriles is 1. The Balaban J connectivity index is 1.13. The number of aliphatic hydroxyl groups is 1. The zero-order chi connectivity index (χ0) is 27.6. The van der Waals surface area contributed by atoms with Gasteiger partial charge in [-0.15, -0.1) is 0 Å². The Hall–Kier alpha value is -3.62. The number of alkyl halides is 3. The number of rotatable bonds is 5. The predicted octanol–water partition coefficient (Wildman–Crippen LogP) is 4.38. The van der Waals surface area contributed by atoms with Crippen molar-refractivity contribution in [3.8, 4) is 11.8 Å². The molecule has 2 aromatic carbocycles. The van der Waals surface area contributed by atoms with Crippen molar-refractivity contribution in [1.82, 2.24) is 14.7 Å². The van der Waals surface area contributed by atoms with E-state index in [0.29, 0.717) is 56.3 Å². The second-order valence-corrected chi connectivity index (χ2v) is 11.2. The maximum Gasteiger partial charge on any atom is 0.418 e. The molecule has 1 saturated heterocycles. The Morgan fingerprint density at radius 2 is 1.97 bits per heavy atom. The highest BCUT2D eigenvalue weighted by atomic mass is 19.4. The molecule has 3 aliphatic rings. The van der Waals surface area contributed by atoms with Crippen molar-refractivity contribution < 1.29 is 27.8 Å². The number of likely N-dealkylation sites (tertiary alicyclic amines) is 1. The van der Waals surface area contributed by atoms with Crippen molar-refractivity contribution in [3.63, 3.8) is 0 Å². The number of amides is 1. The molecule has 1 saturated carbocycles. The lowest BCUT2D eigenvalue weighted by Crippen LogP contribution is -2.47. The van der Waals surface area contributed by atoms with Crippen LogP contribution >= 0.6 is 0 Å². The molecule has 3 aromatic rings. The third-order valence-corrected chi connectivity index (χ3v) is 8.40. The number of fused-ring (bicyclic) bond motifs is 3. The molecule has 8 nitrogen and oxygen atoms in total. The summed E-state index contributed by atoms with van der Waals surface area (Å²) >= 11 is 0. The van der Waals surface area contributed by atoms with Crippen LogP contribution in [0, 0.1) is 11.3 Å². The number of aromatic nitrogens is 2. The van der Waals surface area contributed by atoms with Crippen LogP contribution in [0.15, 0.2) is 36.5 Å². The highest BCUT2D eigenvalue weighted by Crippen LogP contribution is 2.46. The minimum atomic E-state index is -4.59. The van der Waals surface area contributed by atoms with Crippen LogP contribution in [0.25, 0.3) is 10.9 Å². The fourth-order valence-corrected chi connectivity index (χ4v) is 6.30. The molecule has 39 heavy (non-hydrogen) atoms. The molecule has 1 aliphatic carbocycles. The molecule has 2 fully saturated rings. The molecule has 2 aliphatic heterocycles. The summed E-state index contributed by atoms with van der Waals surface area (Å²) in [6.07, 6.45) is -1.31. The van der Waals surface area contributed by atoms with E-state index >= 15 is 0 Å². The molecule has 6 rings (SSSR count). The molecule has 11 heteroatoms. The van der Waals surface area contributed by atoms with Crippen molar-refractivity contribution in [3.05, 3.63) is 53.2 Å². The second-order valence-electron chi connectivity index (χ2n) is 11.2. The number of hydrogen-bond acceptors (Lipinski definition) is 6. The lowest BCUT2D eigenvalue weighted by molar-refractivity contribution is -0.136. The molecule has 1 spiro atoms. The SMILES string of the molecule is C[C@]1(O)C[C@@H](n2ncc3cc(OCCN4CCC5(CC4)C(=O)Nc4ccc(C#N)cc45)cc(C(F)(F)F)c32)C1. The van der Waals surface area contributed by atoms with Gasteiger partial charge in [0.25, 0.3) is 0 Å². The summed E-state index contributed by atoms with van der Waals surface area (Å²) < 4.78 is 49.3. The minimum absolute atomic E-state index is 0.00588. The van der Waals surface area contributed by atoms with E-state index in [9.17, 15) is 28.3 Å². The molecule has 0 atom stereocenters. The smallest absolute Gasteiger partial charge is 0.418 e. The van der Waals surface area contributed by atoms with Gasteiger partial charge < -0.3 is 15.2 Å². The molecule has 1 amide bonds. The summed E-state index contributed by atoms with van der Waals surface area (Å²) in [4.78, 5) is 15.0. The molecule has 204 valence electrons. The zero-order valence-electron chi connectivity index (χ0n) is 21.4. The van der Waals surface area contributed by atoms with E-state index in [-0.39, 0.29) is 29.8 Å². The van der Waals surface area contributed by atoms with Crippen molar-refractivity contribution >= 4 is 22.5 Å². The highest BCUT2D eigenvalue weighted by molar-refractivity contribution is 6.06. The van der Waals surface area contributed by atoms with E-state index in [4.69, 9.17) is 4.74 Å². The van der Waals surface area contributed by atoms with Crippen LogP contribution in [0.4, 0.5) is 18.9 Å². The van der Waals surface area contributed by atoms with Crippen molar-refractivity contribution in [2.45, 2.75) is 55.8 Å². The average molecular weight is 540 g/mol. The zero-order valence-corrected chi connectivity index (χ0v) is 21.4. The van der Waals surface area contributed by atoms with Crippen molar-refractivity contribution in [2.24, 2.45) is 0 Å². The fraction of sp³-hybridized carbons (Fsp3) is 0.464. The summed E-state index contributed by atoms with van der Waals surface area (Å²) in [5, 5.41) is 26.8. The normalized spacial score (nSPS) is 24.3. The van der Waals surface area contributed by atoms with E-state index in [1.807, 2.05) is 0 Å². The van der Waals surface area contributed by atoms with Crippen LogP contribution < -0.4 is 10.1 Å². The predicted molar refractivity (Wildman–Crippen MR) is 136 cm³/mol. The first kappa shape index (κ1) is 25.6. The highest BCUT2D eigenvalue weighted by Gasteiger charge is 2.48. The lowest BCUT2D eigenvalue weighted by Gasteiger charge is -2.41. The van der Waals surface area contributed by atoms with Gasteiger partial charge in [0.2, 0.25) is 5.91 Å². The number of halogens is 3. The number of benzene rings is 2. The second kappa shape index (κ2) is 8.96. The Labute approximate surface area is 223 Å². The van der Waals surface area contributed by atoms with Crippen LogP contribution in [0.5, 0.6) is 5.75 Å². The molecule has 3 heterocycles. The standard InChI is InChI=1S/C28H28F3N5O3/c1-26(38)13-19(14-26)36-24-18(16-33-36)11-20(12-22(24)28(29,30)31)39-9-8-35-6-4-27(5-7-35)21-10-17(15-32)2-3-23(21)34-25(27)37/h2-3,10-12,16,19,38H,4-9,13-14H2,1H3,(H,34,37)/t19-,26+. The van der Waals surface area contributed by atoms with Gasteiger partial charge in [-0.1, -0.05) is 0 Å². The minimum Gasteiger partial charge on any atom is -0.492 e. The van der Waals surface area contributed by atoms with Crippen LogP contribution in [0.1, 0.15) is 55.3 Å². The first-order chi connectivity index (χ1) is 18.5. The Morgan fingerprint density at radius 1 is 1.23 bits per heavy atom. The lowest BCUT2D eigenvalue weighted by atomic mass is 9.73. The van der Waals surface area contributed by atoms with Gasteiger partial charge in [0.1, 0.15) is 12.4 Å². The van der Waals surface area contributed by atoms with Crippen LogP contribution in [0.3, 0.4) is 0 Å². The Bertz CT molecular complexity index is 1490. The monoisotopic (exact) mass is 539 g/mol. The number of anilines is 1. The third kappa shape index (κ3) is 4.41. The van der Waals surface area contributed by atoms with Gasteiger partial charge in [-0.2, -0.15) is 23.5 Å². The number of nitrogens with one attached hydrogen (secondary N) is 1. The van der Waals surface area contributed by atoms with Crippen molar-refractivity contribution in [2.75, 3.05) is 31.6 Å². The van der Waals surface area contributed by atoms with E-state index in [1.54, 1.807) is 31.2 Å². The maximum atomic E-state index is 14.0. The summed E-state index contributed by atoms with van der Waals surface area (Å²) in [6.45, 7) is 3.60. The van der Waals surface area contributed by atoms with Gasteiger partial charge >= 0.3 is 6.18 Å². The van der Waals surface area contributed by atoms with Crippen molar-refractivity contribution in [1.29, 1.82) is 5.26 Å². The first-order valence-corrected chi connectivity index (χ1v) is 13.0. The third-order valence-electron chi connectivity index (χ3n) is 8.40. The molecular formula is C28H28F3N5O3. The van der Waals surface area contributed by atoms with Gasteiger partial charge in [-0.3, -0.25) is 14.4 Å². The summed E-state index contributed by atoms with van der Waals surface area (Å²) in [5.41, 5.74) is -0.226. The van der Waals surface area contributed by atoms with Gasteiger partial charge in [0, 0.05) is 17.6 Å². The van der Waals surface area contributed by atoms with E-state index < -0.39 is 22.8 Å². The topological polar surface area (TPSA) is 103 Å². The Kier molecular flexibility index (Phi) is 5.89. The molecular weight excluding hydrogens is 511 g/mol. The largest absolute Gasteiger partial charge is 0.492 e. The number of carbonyl (C=O) groups is 1. The number of carbonyl (C=O) groups excluding carboxylic acids is 1. The van der Waals surface area contributed by atoms with Crippen LogP contribution in [-0.2, 0) is 16.4 Å². The van der Waals surface area contributed by atoms with Gasteiger partial charge in [0.05, 0.1) is 46.0 Å². The van der Waals surface area contributed by atoms with E-state index in [1.165, 1.54) is 10.9 Å². The van der Waals surface area contributed by atoms with Gasteiger partial charge in [-0.05, 0) is 81.6 Å². The summed E-state index contributed by atoms with van der Waals surface area (Å²) in [7, 11) is 0. The Morgan fingerprint density at radius 3 is 2.64 bits per heavy atom. The molecule has 0 unspecified atom stereocenters.